The van der Waals surface area contributed by atoms with Crippen molar-refractivity contribution in [1.29, 1.82) is 0 Å². The molecule has 0 fully saturated rings. The lowest BCUT2D eigenvalue weighted by Gasteiger charge is -2.26. The Morgan fingerprint density at radius 3 is 2.48 bits per heavy atom. The third-order valence-electron chi connectivity index (χ3n) is 3.79. The molecule has 6 heteroatoms. The first kappa shape index (κ1) is 21.7. The van der Waals surface area contributed by atoms with Gasteiger partial charge < -0.3 is 24.1 Å². The number of para-hydroxylation sites is 1. The van der Waals surface area contributed by atoms with Crippen LogP contribution in [0.4, 0.5) is 0 Å². The average Bonchev–Trinajstić information content (AvgIpc) is 2.59. The van der Waals surface area contributed by atoms with Crippen LogP contribution in [0.15, 0.2) is 18.2 Å². The van der Waals surface area contributed by atoms with Crippen molar-refractivity contribution in [3.8, 4) is 11.5 Å². The third-order valence-corrected chi connectivity index (χ3v) is 3.79. The van der Waals surface area contributed by atoms with Gasteiger partial charge in [-0.15, -0.1) is 0 Å². The molecule has 0 amide bonds. The topological polar surface area (TPSA) is 60.4 Å². The molecule has 0 spiro atoms. The zero-order chi connectivity index (χ0) is 18.7. The molecule has 1 rings (SSSR count). The summed E-state index contributed by atoms with van der Waals surface area (Å²) in [6.45, 7) is 6.93. The number of aliphatic hydroxyl groups excluding tert-OH is 1. The van der Waals surface area contributed by atoms with E-state index in [1.54, 1.807) is 21.3 Å². The standard InChI is InChI=1S/C19H33NO5/c1-15(2)25-14-17(21)13-20(10-7-11-22-3)12-16-8-6-9-18(23-4)19(16)24-5/h6,8-9,15,17,21H,7,10-14H2,1-5H3/t17-/m0/s1. The number of benzene rings is 1. The molecule has 1 aromatic rings. The number of hydrogen-bond donors (Lipinski definition) is 1. The Morgan fingerprint density at radius 2 is 1.88 bits per heavy atom. The van der Waals surface area contributed by atoms with Gasteiger partial charge in [-0.25, -0.2) is 0 Å². The third kappa shape index (κ3) is 8.05. The Kier molecular flexibility index (Phi) is 10.5. The van der Waals surface area contributed by atoms with Gasteiger partial charge in [-0.05, 0) is 26.3 Å². The molecule has 1 N–H and O–H groups in total. The molecule has 1 aromatic carbocycles. The minimum Gasteiger partial charge on any atom is -0.493 e. The minimum atomic E-state index is -0.540. The smallest absolute Gasteiger partial charge is 0.165 e. The quantitative estimate of drug-likeness (QED) is 0.548. The summed E-state index contributed by atoms with van der Waals surface area (Å²) in [4.78, 5) is 2.19. The number of hydrogen-bond acceptors (Lipinski definition) is 6. The number of methoxy groups -OCH3 is 3. The summed E-state index contributed by atoms with van der Waals surface area (Å²) in [6, 6.07) is 5.84. The van der Waals surface area contributed by atoms with Gasteiger partial charge in [-0.3, -0.25) is 4.90 Å². The first-order chi connectivity index (χ1) is 12.0. The summed E-state index contributed by atoms with van der Waals surface area (Å²) in [7, 11) is 4.97. The zero-order valence-corrected chi connectivity index (χ0v) is 16.2. The molecule has 0 heterocycles. The maximum absolute atomic E-state index is 10.3. The van der Waals surface area contributed by atoms with Crippen LogP contribution in [0.5, 0.6) is 11.5 Å². The fourth-order valence-electron chi connectivity index (χ4n) is 2.64. The molecular weight excluding hydrogens is 322 g/mol. The number of aliphatic hydroxyl groups is 1. The fraction of sp³-hybridized carbons (Fsp3) is 0.684. The van der Waals surface area contributed by atoms with Gasteiger partial charge in [-0.2, -0.15) is 0 Å². The summed E-state index contributed by atoms with van der Waals surface area (Å²) < 4.78 is 21.5. The van der Waals surface area contributed by atoms with Gasteiger partial charge in [0.25, 0.3) is 0 Å². The van der Waals surface area contributed by atoms with Crippen molar-refractivity contribution in [2.45, 2.75) is 39.0 Å². The monoisotopic (exact) mass is 355 g/mol. The summed E-state index contributed by atoms with van der Waals surface area (Å²) in [6.07, 6.45) is 0.456. The lowest BCUT2D eigenvalue weighted by atomic mass is 10.1. The van der Waals surface area contributed by atoms with Crippen LogP contribution >= 0.6 is 0 Å². The molecule has 0 aliphatic carbocycles. The maximum atomic E-state index is 10.3. The van der Waals surface area contributed by atoms with Gasteiger partial charge in [0.15, 0.2) is 11.5 Å². The van der Waals surface area contributed by atoms with Crippen LogP contribution in [0.1, 0.15) is 25.8 Å². The largest absolute Gasteiger partial charge is 0.493 e. The summed E-state index contributed by atoms with van der Waals surface area (Å²) in [5.74, 6) is 1.44. The van der Waals surface area contributed by atoms with E-state index in [9.17, 15) is 5.11 Å². The van der Waals surface area contributed by atoms with Crippen molar-refractivity contribution in [1.82, 2.24) is 4.90 Å². The summed E-state index contributed by atoms with van der Waals surface area (Å²) in [5.41, 5.74) is 1.02. The molecule has 1 atom stereocenters. The van der Waals surface area contributed by atoms with Gasteiger partial charge in [0.2, 0.25) is 0 Å². The van der Waals surface area contributed by atoms with Crippen molar-refractivity contribution in [2.75, 3.05) is 47.6 Å². The van der Waals surface area contributed by atoms with Gasteiger partial charge in [-0.1, -0.05) is 12.1 Å². The highest BCUT2D eigenvalue weighted by Gasteiger charge is 2.17. The predicted molar refractivity (Wildman–Crippen MR) is 98.4 cm³/mol. The van der Waals surface area contributed by atoms with Crippen LogP contribution in [0.2, 0.25) is 0 Å². The fourth-order valence-corrected chi connectivity index (χ4v) is 2.64. The number of rotatable bonds is 13. The highest BCUT2D eigenvalue weighted by atomic mass is 16.5. The van der Waals surface area contributed by atoms with E-state index < -0.39 is 6.10 Å². The Bertz CT molecular complexity index is 481. The first-order valence-electron chi connectivity index (χ1n) is 8.72. The first-order valence-corrected chi connectivity index (χ1v) is 8.72. The van der Waals surface area contributed by atoms with E-state index >= 15 is 0 Å². The number of nitrogens with zero attached hydrogens (tertiary/aromatic N) is 1. The van der Waals surface area contributed by atoms with E-state index in [1.807, 2.05) is 32.0 Å². The Balaban J connectivity index is 2.78. The summed E-state index contributed by atoms with van der Waals surface area (Å²) >= 11 is 0. The van der Waals surface area contributed by atoms with Crippen molar-refractivity contribution < 1.29 is 24.1 Å². The van der Waals surface area contributed by atoms with E-state index in [0.29, 0.717) is 32.1 Å². The molecule has 0 saturated heterocycles. The SMILES string of the molecule is COCCCN(Cc1cccc(OC)c1OC)C[C@H](O)COC(C)C. The van der Waals surface area contributed by atoms with Crippen LogP contribution in [0.25, 0.3) is 0 Å². The van der Waals surface area contributed by atoms with E-state index in [0.717, 1.165) is 24.3 Å². The molecule has 25 heavy (non-hydrogen) atoms. The second kappa shape index (κ2) is 12.1. The van der Waals surface area contributed by atoms with Gasteiger partial charge in [0.05, 0.1) is 33.0 Å². The number of ether oxygens (including phenoxy) is 4. The molecule has 144 valence electrons. The molecule has 0 saturated carbocycles. The highest BCUT2D eigenvalue weighted by Crippen LogP contribution is 2.31. The molecule has 0 radical (unpaired) electrons. The Labute approximate surface area is 151 Å². The minimum absolute atomic E-state index is 0.107. The van der Waals surface area contributed by atoms with Crippen molar-refractivity contribution in [2.24, 2.45) is 0 Å². The van der Waals surface area contributed by atoms with Gasteiger partial charge in [0.1, 0.15) is 0 Å². The van der Waals surface area contributed by atoms with Crippen LogP contribution < -0.4 is 9.47 Å². The van der Waals surface area contributed by atoms with E-state index in [1.165, 1.54) is 0 Å². The highest BCUT2D eigenvalue weighted by molar-refractivity contribution is 5.46. The van der Waals surface area contributed by atoms with Crippen molar-refractivity contribution >= 4 is 0 Å². The normalized spacial score (nSPS) is 12.6. The maximum Gasteiger partial charge on any atom is 0.165 e. The van der Waals surface area contributed by atoms with Gasteiger partial charge >= 0.3 is 0 Å². The lowest BCUT2D eigenvalue weighted by molar-refractivity contribution is -0.0104. The second-order valence-corrected chi connectivity index (χ2v) is 6.27. The molecular formula is C19H33NO5. The van der Waals surface area contributed by atoms with Crippen LogP contribution in [-0.4, -0.2) is 69.8 Å². The molecule has 0 aromatic heterocycles. The van der Waals surface area contributed by atoms with Crippen LogP contribution in [0.3, 0.4) is 0 Å². The van der Waals surface area contributed by atoms with Crippen molar-refractivity contribution in [3.63, 3.8) is 0 Å². The second-order valence-electron chi connectivity index (χ2n) is 6.27. The molecule has 0 aliphatic heterocycles. The predicted octanol–water partition coefficient (Wildman–Crippen LogP) is 2.33. The van der Waals surface area contributed by atoms with Crippen molar-refractivity contribution in [3.05, 3.63) is 23.8 Å². The van der Waals surface area contributed by atoms with Crippen LogP contribution in [-0.2, 0) is 16.0 Å². The average molecular weight is 355 g/mol. The molecule has 0 bridgehead atoms. The van der Waals surface area contributed by atoms with E-state index in [-0.39, 0.29) is 6.10 Å². The van der Waals surface area contributed by atoms with Gasteiger partial charge in [0, 0.05) is 38.9 Å². The Morgan fingerprint density at radius 1 is 1.12 bits per heavy atom. The van der Waals surface area contributed by atoms with E-state index in [2.05, 4.69) is 4.90 Å². The zero-order valence-electron chi connectivity index (χ0n) is 16.2. The molecule has 0 unspecified atom stereocenters. The summed E-state index contributed by atoms with van der Waals surface area (Å²) in [5, 5.41) is 10.3. The lowest BCUT2D eigenvalue weighted by Crippen LogP contribution is -2.36. The van der Waals surface area contributed by atoms with Crippen LogP contribution in [0, 0.1) is 0 Å². The molecule has 6 nitrogen and oxygen atoms in total. The Hall–Kier alpha value is -1.34. The van der Waals surface area contributed by atoms with E-state index in [4.69, 9.17) is 18.9 Å². The molecule has 0 aliphatic rings.